The van der Waals surface area contributed by atoms with Crippen molar-refractivity contribution in [3.8, 4) is 0 Å². The SMILES string of the molecule is O=C(c1cn2cc(Cl)ccc2n1)N1CCOCC(C(=O)N2CCOCC2)C1. The molecule has 0 saturated carbocycles. The molecule has 8 nitrogen and oxygen atoms in total. The first-order valence-electron chi connectivity index (χ1n) is 8.99. The first-order chi connectivity index (χ1) is 13.1. The fraction of sp³-hybridized carbons (Fsp3) is 0.500. The van der Waals surface area contributed by atoms with Gasteiger partial charge >= 0.3 is 0 Å². The number of halogens is 1. The van der Waals surface area contributed by atoms with Crippen LogP contribution in [-0.4, -0.2) is 83.6 Å². The van der Waals surface area contributed by atoms with E-state index in [1.54, 1.807) is 38.7 Å². The molecule has 9 heteroatoms. The second-order valence-corrected chi connectivity index (χ2v) is 7.14. The van der Waals surface area contributed by atoms with Crippen molar-refractivity contribution >= 4 is 29.1 Å². The highest BCUT2D eigenvalue weighted by molar-refractivity contribution is 6.30. The molecule has 2 aromatic rings. The summed E-state index contributed by atoms with van der Waals surface area (Å²) in [7, 11) is 0. The quantitative estimate of drug-likeness (QED) is 0.760. The number of ether oxygens (including phenoxy) is 2. The molecule has 4 heterocycles. The summed E-state index contributed by atoms with van der Waals surface area (Å²) in [6.07, 6.45) is 3.37. The van der Waals surface area contributed by atoms with Gasteiger partial charge in [0.05, 0.1) is 37.4 Å². The van der Waals surface area contributed by atoms with Crippen LogP contribution in [0.4, 0.5) is 0 Å². The van der Waals surface area contributed by atoms with E-state index >= 15 is 0 Å². The van der Waals surface area contributed by atoms with E-state index in [4.69, 9.17) is 21.1 Å². The smallest absolute Gasteiger partial charge is 0.274 e. The van der Waals surface area contributed by atoms with Gasteiger partial charge in [-0.2, -0.15) is 0 Å². The summed E-state index contributed by atoms with van der Waals surface area (Å²) in [4.78, 5) is 33.6. The lowest BCUT2D eigenvalue weighted by molar-refractivity contribution is -0.141. The topological polar surface area (TPSA) is 76.4 Å². The number of rotatable bonds is 2. The third kappa shape index (κ3) is 3.92. The van der Waals surface area contributed by atoms with Crippen LogP contribution in [-0.2, 0) is 14.3 Å². The Kier molecular flexibility index (Phi) is 5.29. The maximum Gasteiger partial charge on any atom is 0.274 e. The molecule has 1 unspecified atom stereocenters. The number of hydrogen-bond donors (Lipinski definition) is 0. The van der Waals surface area contributed by atoms with E-state index in [2.05, 4.69) is 4.98 Å². The number of carbonyl (C=O) groups excluding carboxylic acids is 2. The van der Waals surface area contributed by atoms with Crippen molar-refractivity contribution in [2.24, 2.45) is 5.92 Å². The van der Waals surface area contributed by atoms with Gasteiger partial charge in [-0.05, 0) is 12.1 Å². The molecule has 1 atom stereocenters. The van der Waals surface area contributed by atoms with Gasteiger partial charge in [0.1, 0.15) is 11.3 Å². The molecule has 27 heavy (non-hydrogen) atoms. The molecule has 0 aliphatic carbocycles. The van der Waals surface area contributed by atoms with Crippen LogP contribution < -0.4 is 0 Å². The van der Waals surface area contributed by atoms with Crippen molar-refractivity contribution in [1.29, 1.82) is 0 Å². The summed E-state index contributed by atoms with van der Waals surface area (Å²) in [6, 6.07) is 3.49. The fourth-order valence-electron chi connectivity index (χ4n) is 3.42. The van der Waals surface area contributed by atoms with Gasteiger partial charge < -0.3 is 23.7 Å². The summed E-state index contributed by atoms with van der Waals surface area (Å²) in [5.74, 6) is -0.569. The molecule has 2 aromatic heterocycles. The van der Waals surface area contributed by atoms with E-state index in [0.717, 1.165) is 0 Å². The van der Waals surface area contributed by atoms with E-state index in [1.165, 1.54) is 0 Å². The van der Waals surface area contributed by atoms with Gasteiger partial charge in [0, 0.05) is 38.6 Å². The molecule has 0 bridgehead atoms. The number of pyridine rings is 1. The zero-order chi connectivity index (χ0) is 18.8. The average Bonchev–Trinajstić information content (AvgIpc) is 2.95. The van der Waals surface area contributed by atoms with Crippen LogP contribution in [0, 0.1) is 5.92 Å². The first kappa shape index (κ1) is 18.2. The highest BCUT2D eigenvalue weighted by Crippen LogP contribution is 2.16. The maximum absolute atomic E-state index is 13.0. The number of carbonyl (C=O) groups is 2. The molecular weight excluding hydrogens is 372 g/mol. The number of nitrogens with zero attached hydrogens (tertiary/aromatic N) is 4. The van der Waals surface area contributed by atoms with Crippen molar-refractivity contribution in [1.82, 2.24) is 19.2 Å². The summed E-state index contributed by atoms with van der Waals surface area (Å²) in [5.41, 5.74) is 0.978. The zero-order valence-corrected chi connectivity index (χ0v) is 15.6. The Morgan fingerprint density at radius 1 is 1.04 bits per heavy atom. The second kappa shape index (κ2) is 7.84. The molecule has 0 radical (unpaired) electrons. The molecular formula is C18H21ClN4O4. The van der Waals surface area contributed by atoms with Gasteiger partial charge in [0.2, 0.25) is 5.91 Å². The lowest BCUT2D eigenvalue weighted by Crippen LogP contribution is -2.47. The first-order valence-corrected chi connectivity index (χ1v) is 9.37. The normalized spacial score (nSPS) is 21.3. The lowest BCUT2D eigenvalue weighted by Gasteiger charge is -2.31. The molecule has 0 spiro atoms. The van der Waals surface area contributed by atoms with E-state index in [1.807, 2.05) is 0 Å². The zero-order valence-electron chi connectivity index (χ0n) is 14.8. The van der Waals surface area contributed by atoms with E-state index in [9.17, 15) is 9.59 Å². The average molecular weight is 393 g/mol. The number of hydrogen-bond acceptors (Lipinski definition) is 5. The van der Waals surface area contributed by atoms with Crippen molar-refractivity contribution in [2.75, 3.05) is 52.6 Å². The van der Waals surface area contributed by atoms with Gasteiger partial charge in [0.25, 0.3) is 5.91 Å². The van der Waals surface area contributed by atoms with Gasteiger partial charge in [-0.25, -0.2) is 4.98 Å². The lowest BCUT2D eigenvalue weighted by atomic mass is 10.1. The highest BCUT2D eigenvalue weighted by Gasteiger charge is 2.32. The monoisotopic (exact) mass is 392 g/mol. The number of fused-ring (bicyclic) bond motifs is 1. The van der Waals surface area contributed by atoms with Crippen molar-refractivity contribution < 1.29 is 19.1 Å². The Hall–Kier alpha value is -2.16. The molecule has 144 valence electrons. The summed E-state index contributed by atoms with van der Waals surface area (Å²) < 4.78 is 12.6. The van der Waals surface area contributed by atoms with Crippen LogP contribution >= 0.6 is 11.6 Å². The molecule has 0 N–H and O–H groups in total. The number of imidazole rings is 1. The Bertz CT molecular complexity index is 849. The van der Waals surface area contributed by atoms with Crippen LogP contribution in [0.25, 0.3) is 5.65 Å². The second-order valence-electron chi connectivity index (χ2n) is 6.70. The molecule has 0 aromatic carbocycles. The highest BCUT2D eigenvalue weighted by atomic mass is 35.5. The van der Waals surface area contributed by atoms with Crippen molar-refractivity contribution in [2.45, 2.75) is 0 Å². The minimum absolute atomic E-state index is 0.0137. The molecule has 2 aliphatic rings. The fourth-order valence-corrected chi connectivity index (χ4v) is 3.58. The largest absolute Gasteiger partial charge is 0.379 e. The van der Waals surface area contributed by atoms with Crippen LogP contribution in [0.5, 0.6) is 0 Å². The Morgan fingerprint density at radius 3 is 2.59 bits per heavy atom. The van der Waals surface area contributed by atoms with Crippen LogP contribution in [0.1, 0.15) is 10.5 Å². The molecule has 2 aliphatic heterocycles. The predicted molar refractivity (Wildman–Crippen MR) is 97.8 cm³/mol. The number of morpholine rings is 1. The maximum atomic E-state index is 13.0. The van der Waals surface area contributed by atoms with Gasteiger partial charge in [-0.15, -0.1) is 0 Å². The summed E-state index contributed by atoms with van der Waals surface area (Å²) in [6.45, 7) is 3.73. The van der Waals surface area contributed by atoms with Gasteiger partial charge in [-0.3, -0.25) is 9.59 Å². The standard InChI is InChI=1S/C18H21ClN4O4/c19-14-1-2-16-20-15(11-23(16)10-14)18(25)22-5-8-27-12-13(9-22)17(24)21-3-6-26-7-4-21/h1-2,10-11,13H,3-9,12H2. The van der Waals surface area contributed by atoms with Crippen molar-refractivity contribution in [3.63, 3.8) is 0 Å². The third-order valence-corrected chi connectivity index (χ3v) is 5.08. The van der Waals surface area contributed by atoms with E-state index in [-0.39, 0.29) is 17.7 Å². The van der Waals surface area contributed by atoms with Crippen molar-refractivity contribution in [3.05, 3.63) is 35.2 Å². The molecule has 2 fully saturated rings. The van der Waals surface area contributed by atoms with E-state index in [0.29, 0.717) is 69.0 Å². The number of aromatic nitrogens is 2. The van der Waals surface area contributed by atoms with Gasteiger partial charge in [0.15, 0.2) is 0 Å². The molecule has 2 amide bonds. The minimum Gasteiger partial charge on any atom is -0.379 e. The Morgan fingerprint density at radius 2 is 1.78 bits per heavy atom. The third-order valence-electron chi connectivity index (χ3n) is 4.86. The predicted octanol–water partition coefficient (Wildman–Crippen LogP) is 0.935. The Balaban J connectivity index is 1.50. The summed E-state index contributed by atoms with van der Waals surface area (Å²) in [5, 5.41) is 0.568. The Labute approximate surface area is 161 Å². The van der Waals surface area contributed by atoms with Crippen LogP contribution in [0.2, 0.25) is 5.02 Å². The number of amides is 2. The van der Waals surface area contributed by atoms with Crippen LogP contribution in [0.3, 0.4) is 0 Å². The minimum atomic E-state index is -0.374. The van der Waals surface area contributed by atoms with Gasteiger partial charge in [-0.1, -0.05) is 11.6 Å². The van der Waals surface area contributed by atoms with Crippen LogP contribution in [0.15, 0.2) is 24.5 Å². The molecule has 2 saturated heterocycles. The summed E-state index contributed by atoms with van der Waals surface area (Å²) >= 11 is 5.99. The molecule has 4 rings (SSSR count). The van der Waals surface area contributed by atoms with E-state index < -0.39 is 0 Å².